The van der Waals surface area contributed by atoms with Gasteiger partial charge in [0, 0.05) is 0 Å². The van der Waals surface area contributed by atoms with Crippen LogP contribution in [0.3, 0.4) is 0 Å². The standard InChI is InChI=1S/C11H7N3O/c1-8-10(12-2)13-14(11(8)15)9-6-4-3-5-7-9/h3-7H,1H2. The molecule has 0 radical (unpaired) electrons. The molecule has 72 valence electrons. The van der Waals surface area contributed by atoms with Gasteiger partial charge in [0.05, 0.1) is 11.3 Å². The number of carbonyl (C=O) groups is 1. The van der Waals surface area contributed by atoms with E-state index in [0.29, 0.717) is 5.69 Å². The van der Waals surface area contributed by atoms with Gasteiger partial charge in [-0.05, 0) is 17.2 Å². The van der Waals surface area contributed by atoms with E-state index in [2.05, 4.69) is 16.5 Å². The van der Waals surface area contributed by atoms with E-state index in [1.807, 2.05) is 6.07 Å². The van der Waals surface area contributed by atoms with Gasteiger partial charge in [0.15, 0.2) is 0 Å². The van der Waals surface area contributed by atoms with Crippen LogP contribution in [0.4, 0.5) is 5.69 Å². The van der Waals surface area contributed by atoms with Crippen molar-refractivity contribution in [1.29, 1.82) is 0 Å². The number of carbonyl (C=O) groups excluding carboxylic acids is 1. The molecule has 1 aromatic carbocycles. The van der Waals surface area contributed by atoms with E-state index in [1.54, 1.807) is 24.3 Å². The molecule has 0 aliphatic carbocycles. The number of hydrogen-bond acceptors (Lipinski definition) is 2. The van der Waals surface area contributed by atoms with Crippen molar-refractivity contribution in [1.82, 2.24) is 0 Å². The lowest BCUT2D eigenvalue weighted by Gasteiger charge is -2.05. The van der Waals surface area contributed by atoms with Crippen LogP contribution < -0.4 is 5.01 Å². The quantitative estimate of drug-likeness (QED) is 0.499. The summed E-state index contributed by atoms with van der Waals surface area (Å²) < 4.78 is 0. The number of nitrogens with zero attached hydrogens (tertiary/aromatic N) is 3. The average Bonchev–Trinajstić information content (AvgIpc) is 2.57. The van der Waals surface area contributed by atoms with E-state index in [0.717, 1.165) is 0 Å². The van der Waals surface area contributed by atoms with Gasteiger partial charge in [-0.15, -0.1) is 5.01 Å². The minimum Gasteiger partial charge on any atom is -0.358 e. The lowest BCUT2D eigenvalue weighted by Crippen LogP contribution is -2.20. The summed E-state index contributed by atoms with van der Waals surface area (Å²) in [5, 5.41) is 5.08. The van der Waals surface area contributed by atoms with Crippen LogP contribution in [0.2, 0.25) is 0 Å². The molecule has 1 heterocycles. The van der Waals surface area contributed by atoms with Crippen LogP contribution in [0, 0.1) is 6.57 Å². The van der Waals surface area contributed by atoms with Crippen molar-refractivity contribution in [2.75, 3.05) is 5.01 Å². The smallest absolute Gasteiger partial charge is 0.306 e. The van der Waals surface area contributed by atoms with E-state index in [-0.39, 0.29) is 17.3 Å². The average molecular weight is 197 g/mol. The molecule has 0 saturated carbocycles. The lowest BCUT2D eigenvalue weighted by atomic mass is 10.2. The predicted molar refractivity (Wildman–Crippen MR) is 57.1 cm³/mol. The maximum Gasteiger partial charge on any atom is 0.306 e. The fourth-order valence-electron chi connectivity index (χ4n) is 1.26. The molecule has 2 rings (SSSR count). The van der Waals surface area contributed by atoms with Crippen molar-refractivity contribution in [2.24, 2.45) is 5.10 Å². The number of hydrazone groups is 1. The van der Waals surface area contributed by atoms with E-state index >= 15 is 0 Å². The fourth-order valence-corrected chi connectivity index (χ4v) is 1.26. The van der Waals surface area contributed by atoms with Crippen molar-refractivity contribution in [3.63, 3.8) is 0 Å². The van der Waals surface area contributed by atoms with Gasteiger partial charge in [-0.2, -0.15) is 0 Å². The van der Waals surface area contributed by atoms with Crippen LogP contribution in [0.5, 0.6) is 0 Å². The zero-order valence-electron chi connectivity index (χ0n) is 7.84. The summed E-state index contributed by atoms with van der Waals surface area (Å²) in [6.07, 6.45) is 0. The molecule has 1 aliphatic rings. The number of rotatable bonds is 1. The number of para-hydroxylation sites is 1. The molecule has 1 amide bonds. The van der Waals surface area contributed by atoms with Gasteiger partial charge < -0.3 is 4.85 Å². The topological polar surface area (TPSA) is 37.0 Å². The maximum absolute atomic E-state index is 11.6. The number of amides is 1. The number of anilines is 1. The van der Waals surface area contributed by atoms with Gasteiger partial charge in [0.1, 0.15) is 0 Å². The van der Waals surface area contributed by atoms with Crippen molar-refractivity contribution >= 4 is 17.4 Å². The Morgan fingerprint density at radius 3 is 2.53 bits per heavy atom. The summed E-state index contributed by atoms with van der Waals surface area (Å²) in [6, 6.07) is 8.95. The van der Waals surface area contributed by atoms with E-state index in [9.17, 15) is 4.79 Å². The van der Waals surface area contributed by atoms with Crippen LogP contribution in [0.15, 0.2) is 47.6 Å². The van der Waals surface area contributed by atoms with Crippen LogP contribution in [-0.2, 0) is 4.79 Å². The molecule has 4 heteroatoms. The van der Waals surface area contributed by atoms with Crippen molar-refractivity contribution in [2.45, 2.75) is 0 Å². The molecule has 0 bridgehead atoms. The highest BCUT2D eigenvalue weighted by atomic mass is 16.2. The third kappa shape index (κ3) is 1.40. The molecular weight excluding hydrogens is 190 g/mol. The summed E-state index contributed by atoms with van der Waals surface area (Å²) in [7, 11) is 0. The van der Waals surface area contributed by atoms with Gasteiger partial charge in [-0.1, -0.05) is 31.4 Å². The molecule has 1 aliphatic heterocycles. The second kappa shape index (κ2) is 3.39. The van der Waals surface area contributed by atoms with Gasteiger partial charge in [0.2, 0.25) is 0 Å². The minimum absolute atomic E-state index is 0.0591. The predicted octanol–water partition coefficient (Wildman–Crippen LogP) is 1.82. The highest BCUT2D eigenvalue weighted by Crippen LogP contribution is 2.22. The minimum atomic E-state index is -0.341. The first-order valence-electron chi connectivity index (χ1n) is 4.29. The van der Waals surface area contributed by atoms with E-state index < -0.39 is 0 Å². The highest BCUT2D eigenvalue weighted by Gasteiger charge is 2.32. The summed E-state index contributed by atoms with van der Waals surface area (Å²) in [6.45, 7) is 10.4. The molecule has 0 N–H and O–H groups in total. The summed E-state index contributed by atoms with van der Waals surface area (Å²) in [5.41, 5.74) is 0.788. The van der Waals surface area contributed by atoms with E-state index in [1.165, 1.54) is 5.01 Å². The first kappa shape index (κ1) is 9.16. The van der Waals surface area contributed by atoms with Crippen molar-refractivity contribution in [3.05, 3.63) is 53.9 Å². The molecule has 1 aromatic rings. The Balaban J connectivity index is 2.42. The zero-order chi connectivity index (χ0) is 10.8. The third-order valence-electron chi connectivity index (χ3n) is 2.02. The summed E-state index contributed by atoms with van der Waals surface area (Å²) in [4.78, 5) is 14.8. The Kier molecular flexibility index (Phi) is 2.07. The van der Waals surface area contributed by atoms with E-state index in [4.69, 9.17) is 6.57 Å². The zero-order valence-corrected chi connectivity index (χ0v) is 7.84. The van der Waals surface area contributed by atoms with Crippen molar-refractivity contribution in [3.8, 4) is 0 Å². The summed E-state index contributed by atoms with van der Waals surface area (Å²) in [5.74, 6) is -0.281. The second-order valence-electron chi connectivity index (χ2n) is 2.97. The second-order valence-corrected chi connectivity index (χ2v) is 2.97. The molecule has 15 heavy (non-hydrogen) atoms. The Hall–Kier alpha value is -2.41. The molecule has 0 spiro atoms. The third-order valence-corrected chi connectivity index (χ3v) is 2.02. The summed E-state index contributed by atoms with van der Waals surface area (Å²) >= 11 is 0. The Labute approximate surface area is 87.0 Å². The van der Waals surface area contributed by atoms with Crippen molar-refractivity contribution < 1.29 is 4.79 Å². The number of hydrogen-bond donors (Lipinski definition) is 0. The molecule has 0 unspecified atom stereocenters. The van der Waals surface area contributed by atoms with Gasteiger partial charge in [0.25, 0.3) is 5.91 Å². The Morgan fingerprint density at radius 2 is 2.00 bits per heavy atom. The van der Waals surface area contributed by atoms with Crippen LogP contribution in [0.1, 0.15) is 0 Å². The Bertz CT molecular complexity index is 496. The fraction of sp³-hybridized carbons (Fsp3) is 0. The SMILES string of the molecule is [C-]#[N+]C1=NN(c2ccccc2)C(=O)C1=C. The number of benzene rings is 1. The monoisotopic (exact) mass is 197 g/mol. The van der Waals surface area contributed by atoms with Gasteiger partial charge in [-0.25, -0.2) is 0 Å². The molecule has 0 fully saturated rings. The molecule has 0 aromatic heterocycles. The normalized spacial score (nSPS) is 15.1. The molecule has 0 saturated heterocycles. The molecule has 0 atom stereocenters. The lowest BCUT2D eigenvalue weighted by molar-refractivity contribution is -0.114. The molecule has 4 nitrogen and oxygen atoms in total. The Morgan fingerprint density at radius 1 is 1.33 bits per heavy atom. The number of amidine groups is 1. The van der Waals surface area contributed by atoms with Gasteiger partial charge >= 0.3 is 5.84 Å². The largest absolute Gasteiger partial charge is 0.358 e. The first-order chi connectivity index (χ1) is 7.24. The maximum atomic E-state index is 11.6. The first-order valence-corrected chi connectivity index (χ1v) is 4.29. The van der Waals surface area contributed by atoms with Crippen LogP contribution >= 0.6 is 0 Å². The highest BCUT2D eigenvalue weighted by molar-refractivity contribution is 6.32. The molecular formula is C11H7N3O. The van der Waals surface area contributed by atoms with Crippen LogP contribution in [-0.4, -0.2) is 11.7 Å². The van der Waals surface area contributed by atoms with Gasteiger partial charge in [-0.3, -0.25) is 4.79 Å². The van der Waals surface area contributed by atoms with Crippen LogP contribution in [0.25, 0.3) is 4.85 Å².